The van der Waals surface area contributed by atoms with Crippen LogP contribution in [0.4, 0.5) is 0 Å². The minimum Gasteiger partial charge on any atom is -0.211 e. The normalized spacial score (nSPS) is 17.1. The molecule has 1 unspecified atom stereocenters. The lowest BCUT2D eigenvalue weighted by molar-refractivity contribution is 0.579. The van der Waals surface area contributed by atoms with Crippen molar-refractivity contribution >= 4 is 10.0 Å². The minimum absolute atomic E-state index is 0.358. The third-order valence-corrected chi connectivity index (χ3v) is 5.97. The highest BCUT2D eigenvalue weighted by Gasteiger charge is 2.14. The number of benzene rings is 1. The fourth-order valence-electron chi connectivity index (χ4n) is 2.77. The molecule has 0 saturated heterocycles. The summed E-state index contributed by atoms with van der Waals surface area (Å²) in [6.45, 7) is 4.78. The lowest BCUT2D eigenvalue weighted by Crippen LogP contribution is -2.25. The van der Waals surface area contributed by atoms with Crippen LogP contribution >= 0.6 is 0 Å². The molecule has 0 heterocycles. The van der Waals surface area contributed by atoms with Gasteiger partial charge in [0.25, 0.3) is 0 Å². The van der Waals surface area contributed by atoms with Gasteiger partial charge in [-0.25, -0.2) is 13.1 Å². The van der Waals surface area contributed by atoms with Crippen molar-refractivity contribution in [2.45, 2.75) is 63.2 Å². The molecule has 1 aromatic rings. The summed E-state index contributed by atoms with van der Waals surface area (Å²) in [7, 11) is -3.39. The van der Waals surface area contributed by atoms with Gasteiger partial charge in [0.05, 0.1) is 4.90 Å². The number of sulfonamides is 1. The summed E-state index contributed by atoms with van der Waals surface area (Å²) < 4.78 is 27.3. The van der Waals surface area contributed by atoms with E-state index in [0.29, 0.717) is 17.4 Å². The number of nitrogens with one attached hydrogen (secondary N) is 1. The average Bonchev–Trinajstić information content (AvgIpc) is 2.55. The first-order valence-corrected chi connectivity index (χ1v) is 9.79. The van der Waals surface area contributed by atoms with Gasteiger partial charge in [-0.2, -0.15) is 0 Å². The summed E-state index contributed by atoms with van der Waals surface area (Å²) in [6, 6.07) is 7.27. The first kappa shape index (κ1) is 17.2. The molecule has 2 rings (SSSR count). The van der Waals surface area contributed by atoms with Crippen LogP contribution in [0.5, 0.6) is 0 Å². The van der Waals surface area contributed by atoms with Gasteiger partial charge in [-0.05, 0) is 62.1 Å². The zero-order valence-corrected chi connectivity index (χ0v) is 14.5. The third-order valence-electron chi connectivity index (χ3n) is 4.50. The molecule has 0 fully saturated rings. The molecule has 122 valence electrons. The maximum absolute atomic E-state index is 12.3. The summed E-state index contributed by atoms with van der Waals surface area (Å²) in [5.74, 6) is 0.461. The summed E-state index contributed by atoms with van der Waals surface area (Å²) >= 11 is 0. The maximum atomic E-state index is 12.3. The molecule has 22 heavy (non-hydrogen) atoms. The molecule has 1 aliphatic carbocycles. The SMILES string of the molecule is CCC(C)c1ccc(S(=O)(=O)NCCC2=CCCCC2)cc1. The summed E-state index contributed by atoms with van der Waals surface area (Å²) in [5, 5.41) is 0. The van der Waals surface area contributed by atoms with Crippen molar-refractivity contribution in [2.24, 2.45) is 0 Å². The molecule has 3 nitrogen and oxygen atoms in total. The Morgan fingerprint density at radius 3 is 2.50 bits per heavy atom. The van der Waals surface area contributed by atoms with Gasteiger partial charge in [0.2, 0.25) is 10.0 Å². The molecular weight excluding hydrogens is 294 g/mol. The van der Waals surface area contributed by atoms with Crippen LogP contribution in [0.2, 0.25) is 0 Å². The minimum atomic E-state index is -3.39. The van der Waals surface area contributed by atoms with Crippen LogP contribution < -0.4 is 4.72 Å². The van der Waals surface area contributed by atoms with Gasteiger partial charge < -0.3 is 0 Å². The number of hydrogen-bond donors (Lipinski definition) is 1. The number of hydrogen-bond acceptors (Lipinski definition) is 2. The second-order valence-corrected chi connectivity index (χ2v) is 7.90. The van der Waals surface area contributed by atoms with E-state index in [9.17, 15) is 8.42 Å². The molecule has 0 aliphatic heterocycles. The van der Waals surface area contributed by atoms with Crippen molar-refractivity contribution in [1.29, 1.82) is 0 Å². The van der Waals surface area contributed by atoms with Gasteiger partial charge in [-0.3, -0.25) is 0 Å². The van der Waals surface area contributed by atoms with Gasteiger partial charge >= 0.3 is 0 Å². The van der Waals surface area contributed by atoms with Gasteiger partial charge in [0, 0.05) is 6.54 Å². The van der Waals surface area contributed by atoms with Crippen molar-refractivity contribution in [3.8, 4) is 0 Å². The molecule has 0 spiro atoms. The monoisotopic (exact) mass is 321 g/mol. The molecule has 0 bridgehead atoms. The average molecular weight is 321 g/mol. The van der Waals surface area contributed by atoms with Crippen molar-refractivity contribution in [1.82, 2.24) is 4.72 Å². The maximum Gasteiger partial charge on any atom is 0.240 e. The summed E-state index contributed by atoms with van der Waals surface area (Å²) in [5.41, 5.74) is 2.58. The van der Waals surface area contributed by atoms with Crippen LogP contribution in [0, 0.1) is 0 Å². The fourth-order valence-corrected chi connectivity index (χ4v) is 3.80. The van der Waals surface area contributed by atoms with Crippen molar-refractivity contribution < 1.29 is 8.42 Å². The smallest absolute Gasteiger partial charge is 0.211 e. The molecule has 0 saturated carbocycles. The third kappa shape index (κ3) is 4.68. The van der Waals surface area contributed by atoms with Crippen LogP contribution in [0.15, 0.2) is 40.8 Å². The quantitative estimate of drug-likeness (QED) is 0.758. The number of allylic oxidation sites excluding steroid dienone is 1. The highest BCUT2D eigenvalue weighted by atomic mass is 32.2. The lowest BCUT2D eigenvalue weighted by atomic mass is 9.97. The zero-order valence-electron chi connectivity index (χ0n) is 13.6. The molecule has 0 amide bonds. The Bertz CT molecular complexity index is 602. The van der Waals surface area contributed by atoms with Gasteiger partial charge in [0.15, 0.2) is 0 Å². The number of rotatable bonds is 7. The fraction of sp³-hybridized carbons (Fsp3) is 0.556. The zero-order chi connectivity index (χ0) is 16.0. The molecule has 1 aromatic carbocycles. The Hall–Kier alpha value is -1.13. The standard InChI is InChI=1S/C18H27NO2S/c1-3-15(2)17-9-11-18(12-10-17)22(20,21)19-14-13-16-7-5-4-6-8-16/h7,9-12,15,19H,3-6,8,13-14H2,1-2H3. The highest BCUT2D eigenvalue weighted by molar-refractivity contribution is 7.89. The van der Waals surface area contributed by atoms with E-state index in [0.717, 1.165) is 25.7 Å². The molecular formula is C18H27NO2S. The van der Waals surface area contributed by atoms with E-state index in [4.69, 9.17) is 0 Å². The lowest BCUT2D eigenvalue weighted by Gasteiger charge is -2.13. The summed E-state index contributed by atoms with van der Waals surface area (Å²) in [4.78, 5) is 0.358. The second-order valence-electron chi connectivity index (χ2n) is 6.13. The van der Waals surface area contributed by atoms with E-state index >= 15 is 0 Å². The Morgan fingerprint density at radius 1 is 1.18 bits per heavy atom. The largest absolute Gasteiger partial charge is 0.240 e. The van der Waals surface area contributed by atoms with E-state index in [1.54, 1.807) is 12.1 Å². The molecule has 1 aliphatic rings. The Kier molecular flexibility index (Phi) is 6.21. The Morgan fingerprint density at radius 2 is 1.91 bits per heavy atom. The summed E-state index contributed by atoms with van der Waals surface area (Å²) in [6.07, 6.45) is 8.89. The first-order chi connectivity index (χ1) is 10.5. The highest BCUT2D eigenvalue weighted by Crippen LogP contribution is 2.21. The van der Waals surface area contributed by atoms with E-state index in [-0.39, 0.29) is 0 Å². The Balaban J connectivity index is 1.93. The molecule has 1 N–H and O–H groups in total. The van der Waals surface area contributed by atoms with E-state index in [1.807, 2.05) is 12.1 Å². The topological polar surface area (TPSA) is 46.2 Å². The van der Waals surface area contributed by atoms with Gasteiger partial charge in [0.1, 0.15) is 0 Å². The predicted molar refractivity (Wildman–Crippen MR) is 91.5 cm³/mol. The predicted octanol–water partition coefficient (Wildman–Crippen LogP) is 4.37. The van der Waals surface area contributed by atoms with Crippen molar-refractivity contribution in [3.05, 3.63) is 41.5 Å². The van der Waals surface area contributed by atoms with Crippen LogP contribution in [-0.2, 0) is 10.0 Å². The van der Waals surface area contributed by atoms with Crippen LogP contribution in [-0.4, -0.2) is 15.0 Å². The van der Waals surface area contributed by atoms with Crippen LogP contribution in [0.1, 0.15) is 63.9 Å². The van der Waals surface area contributed by atoms with E-state index in [2.05, 4.69) is 24.6 Å². The van der Waals surface area contributed by atoms with E-state index in [1.165, 1.54) is 24.0 Å². The molecule has 0 aromatic heterocycles. The van der Waals surface area contributed by atoms with Crippen molar-refractivity contribution in [3.63, 3.8) is 0 Å². The Labute approximate surface area is 134 Å². The van der Waals surface area contributed by atoms with Crippen molar-refractivity contribution in [2.75, 3.05) is 6.54 Å². The van der Waals surface area contributed by atoms with Crippen LogP contribution in [0.3, 0.4) is 0 Å². The van der Waals surface area contributed by atoms with E-state index < -0.39 is 10.0 Å². The van der Waals surface area contributed by atoms with Gasteiger partial charge in [-0.1, -0.05) is 37.6 Å². The molecule has 1 atom stereocenters. The second kappa shape index (κ2) is 7.93. The molecule has 0 radical (unpaired) electrons. The van der Waals surface area contributed by atoms with Crippen LogP contribution in [0.25, 0.3) is 0 Å². The molecule has 4 heteroatoms. The first-order valence-electron chi connectivity index (χ1n) is 8.30. The van der Waals surface area contributed by atoms with Gasteiger partial charge in [-0.15, -0.1) is 0 Å².